The SMILES string of the molecule is CC.CCOCCOCCOCCOCc1cn(CCOCCOCCOCCOCCC(C)=O)nn1.Cc1c(F)cc(F)cc1F. The zero-order chi connectivity index (χ0) is 35.0. The number of hydrogen-bond acceptors (Lipinski definition) is 11. The van der Waals surface area contributed by atoms with Gasteiger partial charge in [-0.1, -0.05) is 19.1 Å². The van der Waals surface area contributed by atoms with Gasteiger partial charge in [0.2, 0.25) is 0 Å². The third kappa shape index (κ3) is 27.2. The number of carbonyl (C=O) groups is 1. The van der Waals surface area contributed by atoms with Gasteiger partial charge in [0.15, 0.2) is 0 Å². The van der Waals surface area contributed by atoms with Crippen LogP contribution in [-0.4, -0.2) is 120 Å². The van der Waals surface area contributed by atoms with Crippen molar-refractivity contribution in [2.24, 2.45) is 0 Å². The van der Waals surface area contributed by atoms with E-state index in [9.17, 15) is 18.0 Å². The molecular formula is C32H54F3N3O9. The van der Waals surface area contributed by atoms with Gasteiger partial charge in [0.05, 0.1) is 112 Å². The maximum atomic E-state index is 12.4. The second kappa shape index (κ2) is 32.1. The van der Waals surface area contributed by atoms with E-state index in [4.69, 9.17) is 37.9 Å². The molecule has 1 heterocycles. The minimum absolute atomic E-state index is 0.127. The van der Waals surface area contributed by atoms with Gasteiger partial charge < -0.3 is 37.9 Å². The number of carbonyl (C=O) groups excluding carboxylic acids is 1. The van der Waals surface area contributed by atoms with E-state index in [2.05, 4.69) is 10.3 Å². The normalized spacial score (nSPS) is 10.7. The van der Waals surface area contributed by atoms with Crippen molar-refractivity contribution in [3.63, 3.8) is 0 Å². The summed E-state index contributed by atoms with van der Waals surface area (Å²) in [5.41, 5.74) is 0.609. The highest BCUT2D eigenvalue weighted by Gasteiger charge is 2.05. The second-order valence-electron chi connectivity index (χ2n) is 9.34. The van der Waals surface area contributed by atoms with Gasteiger partial charge in [-0.15, -0.1) is 5.10 Å². The Morgan fingerprint density at radius 3 is 1.57 bits per heavy atom. The van der Waals surface area contributed by atoms with E-state index in [-0.39, 0.29) is 11.3 Å². The van der Waals surface area contributed by atoms with Crippen molar-refractivity contribution in [1.82, 2.24) is 15.0 Å². The highest BCUT2D eigenvalue weighted by atomic mass is 19.1. The van der Waals surface area contributed by atoms with E-state index in [1.54, 1.807) is 11.6 Å². The minimum atomic E-state index is -0.888. The Kier molecular flexibility index (Phi) is 30.4. The minimum Gasteiger partial charge on any atom is -0.379 e. The van der Waals surface area contributed by atoms with Crippen molar-refractivity contribution in [2.75, 3.05) is 99.1 Å². The fourth-order valence-corrected chi connectivity index (χ4v) is 3.14. The third-order valence-corrected chi connectivity index (χ3v) is 5.58. The van der Waals surface area contributed by atoms with Gasteiger partial charge in [0, 0.05) is 30.7 Å². The Bertz CT molecular complexity index is 996. The molecule has 0 aliphatic carbocycles. The van der Waals surface area contributed by atoms with Crippen molar-refractivity contribution >= 4 is 5.78 Å². The lowest BCUT2D eigenvalue weighted by Gasteiger charge is -2.07. The van der Waals surface area contributed by atoms with Crippen LogP contribution in [0.4, 0.5) is 13.2 Å². The molecular weight excluding hydrogens is 627 g/mol. The molecule has 0 fully saturated rings. The highest BCUT2D eigenvalue weighted by Crippen LogP contribution is 2.12. The van der Waals surface area contributed by atoms with Gasteiger partial charge in [0.1, 0.15) is 28.9 Å². The molecule has 2 rings (SSSR count). The molecule has 1 aromatic heterocycles. The molecule has 0 aliphatic heterocycles. The molecule has 0 radical (unpaired) electrons. The molecule has 0 aliphatic rings. The molecule has 0 unspecified atom stereocenters. The Morgan fingerprint density at radius 1 is 0.681 bits per heavy atom. The van der Waals surface area contributed by atoms with Crippen molar-refractivity contribution < 1.29 is 55.9 Å². The lowest BCUT2D eigenvalue weighted by Crippen LogP contribution is -2.14. The van der Waals surface area contributed by atoms with Gasteiger partial charge in [-0.2, -0.15) is 0 Å². The molecule has 0 bridgehead atoms. The molecule has 15 heteroatoms. The number of ketones is 1. The van der Waals surface area contributed by atoms with Crippen LogP contribution in [0.2, 0.25) is 0 Å². The van der Waals surface area contributed by atoms with Crippen molar-refractivity contribution in [1.29, 1.82) is 0 Å². The summed E-state index contributed by atoms with van der Waals surface area (Å²) in [6.07, 6.45) is 2.28. The Hall–Kier alpha value is -2.50. The van der Waals surface area contributed by atoms with E-state index < -0.39 is 17.5 Å². The van der Waals surface area contributed by atoms with Crippen molar-refractivity contribution in [2.45, 2.75) is 54.2 Å². The molecule has 272 valence electrons. The smallest absolute Gasteiger partial charge is 0.132 e. The summed E-state index contributed by atoms with van der Waals surface area (Å²) in [6.45, 7) is 17.6. The zero-order valence-corrected chi connectivity index (χ0v) is 28.6. The zero-order valence-electron chi connectivity index (χ0n) is 28.6. The highest BCUT2D eigenvalue weighted by molar-refractivity contribution is 5.75. The maximum absolute atomic E-state index is 12.4. The first kappa shape index (κ1) is 44.5. The number of Topliss-reactive ketones (excluding diaryl/α,β-unsaturated/α-hetero) is 1. The first-order valence-electron chi connectivity index (χ1n) is 15.9. The third-order valence-electron chi connectivity index (χ3n) is 5.58. The number of ether oxygens (including phenoxy) is 8. The Labute approximate surface area is 277 Å². The van der Waals surface area contributed by atoms with Gasteiger partial charge in [-0.25, -0.2) is 17.9 Å². The van der Waals surface area contributed by atoms with Crippen molar-refractivity contribution in [3.8, 4) is 0 Å². The van der Waals surface area contributed by atoms with Crippen LogP contribution >= 0.6 is 0 Å². The predicted octanol–water partition coefficient (Wildman–Crippen LogP) is 4.35. The molecule has 1 aromatic carbocycles. The molecule has 12 nitrogen and oxygen atoms in total. The number of halogens is 3. The van der Waals surface area contributed by atoms with E-state index >= 15 is 0 Å². The lowest BCUT2D eigenvalue weighted by atomic mass is 10.2. The summed E-state index contributed by atoms with van der Waals surface area (Å²) >= 11 is 0. The van der Waals surface area contributed by atoms with Crippen LogP contribution in [0.15, 0.2) is 18.3 Å². The van der Waals surface area contributed by atoms with Crippen LogP contribution < -0.4 is 0 Å². The quantitative estimate of drug-likeness (QED) is 0.125. The number of benzene rings is 1. The molecule has 0 N–H and O–H groups in total. The van der Waals surface area contributed by atoms with Gasteiger partial charge in [-0.3, -0.25) is 4.79 Å². The molecule has 47 heavy (non-hydrogen) atoms. The molecule has 0 saturated heterocycles. The largest absolute Gasteiger partial charge is 0.379 e. The molecule has 0 spiro atoms. The Morgan fingerprint density at radius 2 is 1.11 bits per heavy atom. The summed E-state index contributed by atoms with van der Waals surface area (Å²) in [5.74, 6) is -2.46. The molecule has 0 saturated carbocycles. The topological polar surface area (TPSA) is 122 Å². The summed E-state index contributed by atoms with van der Waals surface area (Å²) < 4.78 is 81.7. The standard InChI is InChI=1S/C23H43N3O9.C7H5F3.C2H6/c1-3-28-8-9-31-14-17-34-18-19-35-21-23-20-26(25-24-23)5-7-30-11-13-33-16-15-32-12-10-29-6-4-22(2)27;1-4-6(9)2-5(8)3-7(4)10;1-2/h20H,3-19,21H2,1-2H3;2-3H,1H3;1-2H3. The predicted molar refractivity (Wildman–Crippen MR) is 169 cm³/mol. The first-order valence-corrected chi connectivity index (χ1v) is 15.9. The fourth-order valence-electron chi connectivity index (χ4n) is 3.14. The average Bonchev–Trinajstić information content (AvgIpc) is 3.51. The number of nitrogens with zero attached hydrogens (tertiary/aromatic N) is 3. The van der Waals surface area contributed by atoms with Crippen molar-refractivity contribution in [3.05, 3.63) is 47.0 Å². The summed E-state index contributed by atoms with van der Waals surface area (Å²) in [5, 5.41) is 8.15. The van der Waals surface area contributed by atoms with Crippen LogP contribution in [0.5, 0.6) is 0 Å². The maximum Gasteiger partial charge on any atom is 0.132 e. The number of hydrogen-bond donors (Lipinski definition) is 0. The van der Waals surface area contributed by atoms with E-state index in [1.165, 1.54) is 6.92 Å². The summed E-state index contributed by atoms with van der Waals surface area (Å²) in [6, 6.07) is 1.30. The monoisotopic (exact) mass is 681 g/mol. The van der Waals surface area contributed by atoms with Gasteiger partial charge in [0.25, 0.3) is 0 Å². The van der Waals surface area contributed by atoms with E-state index in [0.29, 0.717) is 131 Å². The molecule has 0 atom stereocenters. The fraction of sp³-hybridized carbons (Fsp3) is 0.719. The summed E-state index contributed by atoms with van der Waals surface area (Å²) in [7, 11) is 0. The second-order valence-corrected chi connectivity index (χ2v) is 9.34. The van der Waals surface area contributed by atoms with E-state index in [0.717, 1.165) is 5.69 Å². The van der Waals surface area contributed by atoms with Gasteiger partial charge >= 0.3 is 0 Å². The number of aromatic nitrogens is 3. The van der Waals surface area contributed by atoms with Crippen LogP contribution in [0.3, 0.4) is 0 Å². The van der Waals surface area contributed by atoms with E-state index in [1.807, 2.05) is 27.0 Å². The Balaban J connectivity index is 0.00000148. The summed E-state index contributed by atoms with van der Waals surface area (Å²) in [4.78, 5) is 10.8. The van der Waals surface area contributed by atoms with Gasteiger partial charge in [-0.05, 0) is 20.8 Å². The van der Waals surface area contributed by atoms with Crippen LogP contribution in [-0.2, 0) is 55.8 Å². The van der Waals surface area contributed by atoms with Crippen LogP contribution in [0.1, 0.15) is 45.4 Å². The van der Waals surface area contributed by atoms with Crippen LogP contribution in [0, 0.1) is 24.4 Å². The lowest BCUT2D eigenvalue weighted by molar-refractivity contribution is -0.118. The molecule has 0 amide bonds. The average molecular weight is 682 g/mol. The number of rotatable bonds is 27. The molecule has 2 aromatic rings. The first-order chi connectivity index (χ1) is 22.8. The van der Waals surface area contributed by atoms with Crippen LogP contribution in [0.25, 0.3) is 0 Å².